The smallest absolute Gasteiger partial charge is 0.375 e. The van der Waals surface area contributed by atoms with Crippen molar-refractivity contribution in [2.24, 2.45) is 28.6 Å². The first-order chi connectivity index (χ1) is 17.3. The van der Waals surface area contributed by atoms with E-state index in [1.165, 1.54) is 31.4 Å². The summed E-state index contributed by atoms with van der Waals surface area (Å²) >= 11 is 7.36. The number of aromatic hydroxyl groups is 1. The summed E-state index contributed by atoms with van der Waals surface area (Å²) in [6.45, 7) is 5.22. The SMILES string of the molecule is COC(=O)[C@@]1(OC(=O)c2ccc(O)o2)[C@H](C)CC2C3C[C@H](F)C4=CC(=O)C=C[C@]4(C)[C@@]3(Cl)[C@@H](O)C[C@@]21C. The molecule has 0 saturated heterocycles. The molecular weight excluding hydrogens is 507 g/mol. The van der Waals surface area contributed by atoms with Crippen molar-refractivity contribution in [2.45, 2.75) is 62.8 Å². The van der Waals surface area contributed by atoms with Crippen LogP contribution in [0.2, 0.25) is 0 Å². The van der Waals surface area contributed by atoms with Crippen molar-refractivity contribution in [2.75, 3.05) is 7.11 Å². The molecule has 2 unspecified atom stereocenters. The lowest BCUT2D eigenvalue weighted by atomic mass is 9.45. The van der Waals surface area contributed by atoms with Crippen molar-refractivity contribution in [3.63, 3.8) is 0 Å². The Morgan fingerprint density at radius 1 is 1.22 bits per heavy atom. The standard InChI is InChI=1S/C27H30ClFO8/c1-13-9-15-16-11-18(29)17-10-14(30)7-8-24(17,2)26(16,28)20(31)12-25(15,3)27(13,23(34)35-4)37-22(33)19-5-6-21(32)36-19/h5-8,10,13,15-16,18,20,31-32H,9,11-12H2,1-4H3/t13-,15?,16?,18+,20+,24+,25+,26+,27+/m1/s1. The Labute approximate surface area is 218 Å². The lowest BCUT2D eigenvalue weighted by Crippen LogP contribution is -2.70. The number of esters is 2. The number of carbonyl (C=O) groups is 3. The predicted molar refractivity (Wildman–Crippen MR) is 128 cm³/mol. The molecule has 0 bridgehead atoms. The Bertz CT molecular complexity index is 1240. The number of carbonyl (C=O) groups excluding carboxylic acids is 3. The normalized spacial score (nSPS) is 44.4. The second-order valence-corrected chi connectivity index (χ2v) is 11.9. The van der Waals surface area contributed by atoms with Crippen molar-refractivity contribution in [1.82, 2.24) is 0 Å². The minimum atomic E-state index is -1.84. The van der Waals surface area contributed by atoms with Crippen molar-refractivity contribution in [3.05, 3.63) is 41.7 Å². The first kappa shape index (κ1) is 26.0. The van der Waals surface area contributed by atoms with E-state index in [0.717, 1.165) is 0 Å². The molecule has 1 aromatic rings. The molecule has 5 rings (SSSR count). The second kappa shape index (κ2) is 8.17. The second-order valence-electron chi connectivity index (χ2n) is 11.3. The highest BCUT2D eigenvalue weighted by atomic mass is 35.5. The molecule has 1 aromatic heterocycles. The fourth-order valence-corrected chi connectivity index (χ4v) is 8.49. The van der Waals surface area contributed by atoms with Gasteiger partial charge in [0.1, 0.15) is 6.17 Å². The van der Waals surface area contributed by atoms with Crippen molar-refractivity contribution in [1.29, 1.82) is 0 Å². The summed E-state index contributed by atoms with van der Waals surface area (Å²) in [6.07, 6.45) is 1.70. The number of allylic oxidation sites excluding steroid dienone is 4. The average molecular weight is 537 g/mol. The van der Waals surface area contributed by atoms with Crippen molar-refractivity contribution < 1.29 is 42.9 Å². The molecule has 4 aliphatic carbocycles. The van der Waals surface area contributed by atoms with E-state index in [4.69, 9.17) is 25.5 Å². The molecule has 200 valence electrons. The third-order valence-corrected chi connectivity index (χ3v) is 10.6. The van der Waals surface area contributed by atoms with E-state index < -0.39 is 69.2 Å². The number of rotatable bonds is 3. The quantitative estimate of drug-likeness (QED) is 0.440. The number of alkyl halides is 2. The van der Waals surface area contributed by atoms with Crippen LogP contribution in [-0.2, 0) is 19.1 Å². The van der Waals surface area contributed by atoms with Crippen LogP contribution >= 0.6 is 11.6 Å². The average Bonchev–Trinajstić information content (AvgIpc) is 3.37. The summed E-state index contributed by atoms with van der Waals surface area (Å²) in [4.78, 5) is 37.3. The highest BCUT2D eigenvalue weighted by molar-refractivity contribution is 6.26. The first-order valence-corrected chi connectivity index (χ1v) is 12.7. The molecular formula is C27H30ClFO8. The summed E-state index contributed by atoms with van der Waals surface area (Å²) in [6, 6.07) is 2.40. The zero-order chi connectivity index (χ0) is 27.1. The summed E-state index contributed by atoms with van der Waals surface area (Å²) in [5, 5.41) is 21.3. The number of methoxy groups -OCH3 is 1. The van der Waals surface area contributed by atoms with Gasteiger partial charge in [0.2, 0.25) is 11.4 Å². The van der Waals surface area contributed by atoms with Gasteiger partial charge in [0, 0.05) is 22.8 Å². The molecule has 2 N–H and O–H groups in total. The van der Waals surface area contributed by atoms with Crippen LogP contribution in [0.5, 0.6) is 5.95 Å². The number of fused-ring (bicyclic) bond motifs is 5. The zero-order valence-corrected chi connectivity index (χ0v) is 21.8. The Morgan fingerprint density at radius 2 is 1.92 bits per heavy atom. The zero-order valence-electron chi connectivity index (χ0n) is 21.0. The summed E-state index contributed by atoms with van der Waals surface area (Å²) in [5.74, 6) is -4.56. The lowest BCUT2D eigenvalue weighted by molar-refractivity contribution is -0.199. The molecule has 3 fully saturated rings. The lowest BCUT2D eigenvalue weighted by Gasteiger charge is -2.64. The fourth-order valence-electron chi connectivity index (χ4n) is 8.00. The van der Waals surface area contributed by atoms with Gasteiger partial charge in [-0.05, 0) is 54.9 Å². The van der Waals surface area contributed by atoms with E-state index in [-0.39, 0.29) is 30.0 Å². The third-order valence-electron chi connectivity index (χ3n) is 9.70. The molecule has 37 heavy (non-hydrogen) atoms. The van der Waals surface area contributed by atoms with Gasteiger partial charge in [0.15, 0.2) is 5.78 Å². The van der Waals surface area contributed by atoms with Gasteiger partial charge in [-0.3, -0.25) is 4.79 Å². The number of aliphatic hydroxyl groups is 1. The molecule has 3 saturated carbocycles. The fraction of sp³-hybridized carbons (Fsp3) is 0.593. The van der Waals surface area contributed by atoms with E-state index in [0.29, 0.717) is 6.42 Å². The van der Waals surface area contributed by atoms with Gasteiger partial charge in [-0.1, -0.05) is 26.8 Å². The number of halogens is 2. The minimum absolute atomic E-state index is 0.0462. The van der Waals surface area contributed by atoms with Crippen LogP contribution in [0, 0.1) is 28.6 Å². The largest absolute Gasteiger partial charge is 0.481 e. The number of hydrogen-bond donors (Lipinski definition) is 2. The molecule has 8 nitrogen and oxygen atoms in total. The molecule has 0 aliphatic heterocycles. The number of ketones is 1. The number of hydrogen-bond acceptors (Lipinski definition) is 8. The molecule has 4 aliphatic rings. The Morgan fingerprint density at radius 3 is 2.54 bits per heavy atom. The monoisotopic (exact) mass is 536 g/mol. The van der Waals surface area contributed by atoms with Crippen LogP contribution in [-0.4, -0.2) is 57.8 Å². The topological polar surface area (TPSA) is 123 Å². The van der Waals surface area contributed by atoms with E-state index in [1.807, 2.05) is 0 Å². The molecule has 9 atom stereocenters. The number of furan rings is 1. The van der Waals surface area contributed by atoms with Crippen LogP contribution in [0.25, 0.3) is 0 Å². The van der Waals surface area contributed by atoms with Gasteiger partial charge < -0.3 is 24.1 Å². The maximum Gasteiger partial charge on any atom is 0.375 e. The van der Waals surface area contributed by atoms with Crippen LogP contribution in [0.3, 0.4) is 0 Å². The van der Waals surface area contributed by atoms with Gasteiger partial charge in [-0.15, -0.1) is 11.6 Å². The van der Waals surface area contributed by atoms with E-state index in [9.17, 15) is 24.6 Å². The van der Waals surface area contributed by atoms with Gasteiger partial charge in [0.05, 0.1) is 18.1 Å². The Balaban J connectivity index is 1.63. The molecule has 0 spiro atoms. The van der Waals surface area contributed by atoms with Crippen LogP contribution < -0.4 is 0 Å². The molecule has 10 heteroatoms. The summed E-state index contributed by atoms with van der Waals surface area (Å²) < 4.78 is 31.8. The molecule has 0 amide bonds. The summed E-state index contributed by atoms with van der Waals surface area (Å²) in [5.41, 5.74) is -3.93. The van der Waals surface area contributed by atoms with Crippen LogP contribution in [0.15, 0.2) is 40.4 Å². The van der Waals surface area contributed by atoms with Crippen LogP contribution in [0.1, 0.15) is 50.6 Å². The number of aliphatic hydroxyl groups excluding tert-OH is 1. The van der Waals surface area contributed by atoms with Crippen molar-refractivity contribution in [3.8, 4) is 5.95 Å². The first-order valence-electron chi connectivity index (χ1n) is 12.3. The van der Waals surface area contributed by atoms with Gasteiger partial charge in [-0.2, -0.15) is 0 Å². The van der Waals surface area contributed by atoms with E-state index in [2.05, 4.69) is 0 Å². The minimum Gasteiger partial charge on any atom is -0.481 e. The van der Waals surface area contributed by atoms with Gasteiger partial charge in [-0.25, -0.2) is 14.0 Å². The van der Waals surface area contributed by atoms with E-state index >= 15 is 4.39 Å². The molecule has 1 heterocycles. The maximum absolute atomic E-state index is 15.7. The maximum atomic E-state index is 15.7. The Kier molecular flexibility index (Phi) is 5.74. The molecule has 0 aromatic carbocycles. The van der Waals surface area contributed by atoms with Gasteiger partial charge >= 0.3 is 11.9 Å². The van der Waals surface area contributed by atoms with Gasteiger partial charge in [0.25, 0.3) is 5.95 Å². The highest BCUT2D eigenvalue weighted by Crippen LogP contribution is 2.72. The third kappa shape index (κ3) is 3.13. The van der Waals surface area contributed by atoms with E-state index in [1.54, 1.807) is 26.8 Å². The summed E-state index contributed by atoms with van der Waals surface area (Å²) in [7, 11) is 1.19. The van der Waals surface area contributed by atoms with Crippen LogP contribution in [0.4, 0.5) is 4.39 Å². The Hall–Kier alpha value is -2.65. The molecule has 0 radical (unpaired) electrons. The number of ether oxygens (including phenoxy) is 2. The van der Waals surface area contributed by atoms with Crippen molar-refractivity contribution >= 4 is 29.3 Å². The highest BCUT2D eigenvalue weighted by Gasteiger charge is 2.78. The predicted octanol–water partition coefficient (Wildman–Crippen LogP) is 3.89.